The SMILES string of the molecule is CC1(CNC(=O)c2cc(N)cc(Cl)c2Cl)CCCCC1. The molecule has 1 saturated carbocycles. The summed E-state index contributed by atoms with van der Waals surface area (Å²) in [5.74, 6) is -0.212. The normalized spacial score (nSPS) is 17.8. The highest BCUT2D eigenvalue weighted by molar-refractivity contribution is 6.44. The molecule has 0 unspecified atom stereocenters. The van der Waals surface area contributed by atoms with E-state index >= 15 is 0 Å². The Morgan fingerprint density at radius 2 is 1.95 bits per heavy atom. The summed E-state index contributed by atoms with van der Waals surface area (Å²) in [6.45, 7) is 2.88. The standard InChI is InChI=1S/C15H20Cl2N2O/c1-15(5-3-2-4-6-15)9-19-14(20)11-7-10(18)8-12(16)13(11)17/h7-8H,2-6,9,18H2,1H3,(H,19,20). The number of anilines is 1. The van der Waals surface area contributed by atoms with Gasteiger partial charge in [-0.2, -0.15) is 0 Å². The van der Waals surface area contributed by atoms with Gasteiger partial charge in [-0.3, -0.25) is 4.79 Å². The number of nitrogen functional groups attached to an aromatic ring is 1. The van der Waals surface area contributed by atoms with Gasteiger partial charge in [0.2, 0.25) is 0 Å². The second kappa shape index (κ2) is 6.23. The third kappa shape index (κ3) is 3.58. The number of nitrogens with one attached hydrogen (secondary N) is 1. The lowest BCUT2D eigenvalue weighted by atomic mass is 9.76. The van der Waals surface area contributed by atoms with Crippen molar-refractivity contribution in [1.82, 2.24) is 5.32 Å². The number of amides is 1. The number of hydrogen-bond donors (Lipinski definition) is 2. The summed E-state index contributed by atoms with van der Waals surface area (Å²) in [7, 11) is 0. The maximum Gasteiger partial charge on any atom is 0.252 e. The molecule has 1 amide bonds. The smallest absolute Gasteiger partial charge is 0.252 e. The first-order valence-electron chi connectivity index (χ1n) is 6.94. The second-order valence-corrected chi connectivity index (χ2v) is 6.70. The summed E-state index contributed by atoms with van der Waals surface area (Å²) >= 11 is 12.0. The van der Waals surface area contributed by atoms with Crippen LogP contribution in [-0.2, 0) is 0 Å². The number of carbonyl (C=O) groups is 1. The molecule has 2 rings (SSSR count). The van der Waals surface area contributed by atoms with Crippen molar-refractivity contribution in [3.63, 3.8) is 0 Å². The van der Waals surface area contributed by atoms with E-state index in [0.717, 1.165) is 12.8 Å². The maximum absolute atomic E-state index is 12.2. The summed E-state index contributed by atoms with van der Waals surface area (Å²) in [4.78, 5) is 12.2. The Labute approximate surface area is 129 Å². The lowest BCUT2D eigenvalue weighted by molar-refractivity contribution is 0.0919. The first-order valence-corrected chi connectivity index (χ1v) is 7.70. The van der Waals surface area contributed by atoms with Crippen molar-refractivity contribution in [3.8, 4) is 0 Å². The molecule has 0 spiro atoms. The van der Waals surface area contributed by atoms with E-state index in [-0.39, 0.29) is 16.3 Å². The topological polar surface area (TPSA) is 55.1 Å². The van der Waals surface area contributed by atoms with Crippen LogP contribution >= 0.6 is 23.2 Å². The molecule has 5 heteroatoms. The van der Waals surface area contributed by atoms with E-state index in [1.807, 2.05) is 0 Å². The highest BCUT2D eigenvalue weighted by atomic mass is 35.5. The van der Waals surface area contributed by atoms with Gasteiger partial charge in [-0.15, -0.1) is 0 Å². The number of rotatable bonds is 3. The Morgan fingerprint density at radius 3 is 2.60 bits per heavy atom. The highest BCUT2D eigenvalue weighted by Gasteiger charge is 2.27. The quantitative estimate of drug-likeness (QED) is 0.818. The molecule has 1 aliphatic carbocycles. The van der Waals surface area contributed by atoms with Crippen molar-refractivity contribution in [2.75, 3.05) is 12.3 Å². The van der Waals surface area contributed by atoms with Crippen LogP contribution in [0.25, 0.3) is 0 Å². The van der Waals surface area contributed by atoms with Crippen LogP contribution in [0, 0.1) is 5.41 Å². The van der Waals surface area contributed by atoms with Gasteiger partial charge < -0.3 is 11.1 Å². The molecule has 0 saturated heterocycles. The van der Waals surface area contributed by atoms with Crippen molar-refractivity contribution in [1.29, 1.82) is 0 Å². The van der Waals surface area contributed by atoms with E-state index in [9.17, 15) is 4.79 Å². The lowest BCUT2D eigenvalue weighted by Gasteiger charge is -2.33. The molecule has 0 atom stereocenters. The lowest BCUT2D eigenvalue weighted by Crippen LogP contribution is -2.37. The minimum absolute atomic E-state index is 0.185. The van der Waals surface area contributed by atoms with Crippen LogP contribution < -0.4 is 11.1 Å². The van der Waals surface area contributed by atoms with E-state index in [1.165, 1.54) is 19.3 Å². The zero-order valence-corrected chi connectivity index (χ0v) is 13.2. The van der Waals surface area contributed by atoms with Crippen molar-refractivity contribution >= 4 is 34.8 Å². The summed E-state index contributed by atoms with van der Waals surface area (Å²) in [5, 5.41) is 3.53. The molecule has 1 aromatic carbocycles. The third-order valence-electron chi connectivity index (χ3n) is 4.03. The minimum atomic E-state index is -0.212. The molecule has 1 fully saturated rings. The van der Waals surface area contributed by atoms with Crippen molar-refractivity contribution < 1.29 is 4.79 Å². The summed E-state index contributed by atoms with van der Waals surface area (Å²) in [6.07, 6.45) is 6.06. The Morgan fingerprint density at radius 1 is 1.30 bits per heavy atom. The Kier molecular flexibility index (Phi) is 4.82. The first-order chi connectivity index (χ1) is 9.41. The number of hydrogen-bond acceptors (Lipinski definition) is 2. The van der Waals surface area contributed by atoms with Crippen LogP contribution in [0.3, 0.4) is 0 Å². The van der Waals surface area contributed by atoms with Gasteiger partial charge in [-0.05, 0) is 30.4 Å². The molecule has 0 aliphatic heterocycles. The van der Waals surface area contributed by atoms with E-state index in [1.54, 1.807) is 12.1 Å². The molecule has 1 aliphatic rings. The van der Waals surface area contributed by atoms with E-state index in [4.69, 9.17) is 28.9 Å². The first kappa shape index (κ1) is 15.5. The Balaban J connectivity index is 2.05. The van der Waals surface area contributed by atoms with Crippen molar-refractivity contribution in [2.45, 2.75) is 39.0 Å². The van der Waals surface area contributed by atoms with Crippen LogP contribution in [0.15, 0.2) is 12.1 Å². The summed E-state index contributed by atoms with van der Waals surface area (Å²) in [6, 6.07) is 3.11. The number of halogens is 2. The Bertz CT molecular complexity index is 511. The van der Waals surface area contributed by atoms with Crippen LogP contribution in [0.2, 0.25) is 10.0 Å². The van der Waals surface area contributed by atoms with Crippen molar-refractivity contribution in [3.05, 3.63) is 27.7 Å². The van der Waals surface area contributed by atoms with Crippen LogP contribution in [0.1, 0.15) is 49.4 Å². The summed E-state index contributed by atoms with van der Waals surface area (Å²) in [5.41, 5.74) is 6.67. The molecular formula is C15H20Cl2N2O. The third-order valence-corrected chi connectivity index (χ3v) is 4.83. The highest BCUT2D eigenvalue weighted by Crippen LogP contribution is 2.35. The fourth-order valence-electron chi connectivity index (χ4n) is 2.75. The molecule has 20 heavy (non-hydrogen) atoms. The van der Waals surface area contributed by atoms with Crippen LogP contribution in [0.4, 0.5) is 5.69 Å². The zero-order valence-electron chi connectivity index (χ0n) is 11.6. The van der Waals surface area contributed by atoms with Gasteiger partial charge in [0, 0.05) is 12.2 Å². The molecule has 0 aromatic heterocycles. The van der Waals surface area contributed by atoms with Gasteiger partial charge in [0.25, 0.3) is 5.91 Å². The van der Waals surface area contributed by atoms with Gasteiger partial charge in [0.05, 0.1) is 15.6 Å². The molecule has 1 aromatic rings. The van der Waals surface area contributed by atoms with Gasteiger partial charge >= 0.3 is 0 Å². The minimum Gasteiger partial charge on any atom is -0.399 e. The fraction of sp³-hybridized carbons (Fsp3) is 0.533. The summed E-state index contributed by atoms with van der Waals surface area (Å²) < 4.78 is 0. The molecule has 0 radical (unpaired) electrons. The monoisotopic (exact) mass is 314 g/mol. The number of nitrogens with two attached hydrogens (primary N) is 1. The van der Waals surface area contributed by atoms with Gasteiger partial charge in [-0.25, -0.2) is 0 Å². The van der Waals surface area contributed by atoms with E-state index in [2.05, 4.69) is 12.2 Å². The maximum atomic E-state index is 12.2. The predicted octanol–water partition coefficient (Wildman–Crippen LogP) is 4.28. The number of benzene rings is 1. The predicted molar refractivity (Wildman–Crippen MR) is 84.4 cm³/mol. The van der Waals surface area contributed by atoms with Crippen molar-refractivity contribution in [2.24, 2.45) is 5.41 Å². The zero-order chi connectivity index (χ0) is 14.8. The Hall–Kier alpha value is -0.930. The van der Waals surface area contributed by atoms with E-state index in [0.29, 0.717) is 22.8 Å². The second-order valence-electron chi connectivity index (χ2n) is 5.92. The fourth-order valence-corrected chi connectivity index (χ4v) is 3.17. The molecular weight excluding hydrogens is 295 g/mol. The molecule has 3 N–H and O–H groups in total. The molecule has 110 valence electrons. The molecule has 3 nitrogen and oxygen atoms in total. The van der Waals surface area contributed by atoms with Gasteiger partial charge in [-0.1, -0.05) is 49.4 Å². The van der Waals surface area contributed by atoms with Crippen LogP contribution in [-0.4, -0.2) is 12.5 Å². The van der Waals surface area contributed by atoms with E-state index < -0.39 is 0 Å². The largest absolute Gasteiger partial charge is 0.399 e. The average molecular weight is 315 g/mol. The van der Waals surface area contributed by atoms with Gasteiger partial charge in [0.1, 0.15) is 0 Å². The molecule has 0 heterocycles. The molecule has 0 bridgehead atoms. The average Bonchev–Trinajstić information content (AvgIpc) is 2.41. The van der Waals surface area contributed by atoms with Gasteiger partial charge in [0.15, 0.2) is 0 Å². The van der Waals surface area contributed by atoms with Crippen LogP contribution in [0.5, 0.6) is 0 Å². The number of carbonyl (C=O) groups excluding carboxylic acids is 1.